The highest BCUT2D eigenvalue weighted by atomic mass is 16.7. The van der Waals surface area contributed by atoms with E-state index >= 15 is 0 Å². The summed E-state index contributed by atoms with van der Waals surface area (Å²) in [6, 6.07) is 0. The normalized spacial score (nSPS) is 13.2. The van der Waals surface area contributed by atoms with Gasteiger partial charge in [0.25, 0.3) is 0 Å². The zero-order valence-corrected chi connectivity index (χ0v) is 9.94. The van der Waals surface area contributed by atoms with Crippen molar-refractivity contribution in [3.63, 3.8) is 0 Å². The fourth-order valence-corrected chi connectivity index (χ4v) is 1.03. The first-order valence-corrected chi connectivity index (χ1v) is 4.90. The van der Waals surface area contributed by atoms with Gasteiger partial charge in [-0.1, -0.05) is 0 Å². The van der Waals surface area contributed by atoms with Crippen LogP contribution in [-0.4, -0.2) is 28.2 Å². The van der Waals surface area contributed by atoms with Gasteiger partial charge in [-0.3, -0.25) is 0 Å². The average molecular weight is 203 g/mol. The van der Waals surface area contributed by atoms with Gasteiger partial charge in [0.1, 0.15) is 6.10 Å². The number of hydrazine groups is 1. The van der Waals surface area contributed by atoms with Gasteiger partial charge in [0, 0.05) is 0 Å². The van der Waals surface area contributed by atoms with Gasteiger partial charge in [-0.25, -0.2) is 0 Å². The molecule has 0 aliphatic rings. The second-order valence-corrected chi connectivity index (χ2v) is 4.38. The Kier molecular flexibility index (Phi) is 4.67. The summed E-state index contributed by atoms with van der Waals surface area (Å²) in [6.07, 6.45) is -0.0786. The minimum absolute atomic E-state index is 0.0786. The van der Waals surface area contributed by atoms with Crippen LogP contribution in [0.1, 0.15) is 41.5 Å². The highest BCUT2D eigenvalue weighted by Gasteiger charge is 2.27. The van der Waals surface area contributed by atoms with Crippen LogP contribution < -0.4 is 0 Å². The lowest BCUT2D eigenvalue weighted by atomic mass is 10.1. The molecular weight excluding hydrogens is 182 g/mol. The summed E-state index contributed by atoms with van der Waals surface area (Å²) in [7, 11) is 0. The number of hydrogen-bond donors (Lipinski definition) is 0. The molecule has 0 amide bonds. The van der Waals surface area contributed by atoms with E-state index < -0.39 is 0 Å². The van der Waals surface area contributed by atoms with Crippen molar-refractivity contribution in [2.75, 3.05) is 6.54 Å². The lowest BCUT2D eigenvalue weighted by Crippen LogP contribution is -2.45. The third-order valence-corrected chi connectivity index (χ3v) is 1.61. The van der Waals surface area contributed by atoms with Crippen molar-refractivity contribution < 1.29 is 9.81 Å². The van der Waals surface area contributed by atoms with E-state index in [-0.39, 0.29) is 11.6 Å². The first-order chi connectivity index (χ1) is 6.29. The third-order valence-electron chi connectivity index (χ3n) is 1.61. The highest BCUT2D eigenvalue weighted by Crippen LogP contribution is 2.12. The smallest absolute Gasteiger partial charge is 0.233 e. The molecule has 0 aromatic heterocycles. The summed E-state index contributed by atoms with van der Waals surface area (Å²) in [5.41, 5.74) is -0.250. The SMILES string of the molecule is CCN(/[N+]([O-])=N/OC(C)C)C(C)(C)C. The minimum Gasteiger partial charge on any atom is -0.569 e. The molecule has 0 spiro atoms. The molecule has 0 fully saturated rings. The van der Waals surface area contributed by atoms with Crippen LogP contribution in [0.15, 0.2) is 5.28 Å². The van der Waals surface area contributed by atoms with E-state index in [0.29, 0.717) is 11.5 Å². The molecule has 5 nitrogen and oxygen atoms in total. The predicted molar refractivity (Wildman–Crippen MR) is 54.4 cm³/mol. The third kappa shape index (κ3) is 4.30. The van der Waals surface area contributed by atoms with Gasteiger partial charge < -0.3 is 10.0 Å². The summed E-state index contributed by atoms with van der Waals surface area (Å²) < 4.78 is 0. The largest absolute Gasteiger partial charge is 0.569 e. The Balaban J connectivity index is 4.46. The molecule has 0 radical (unpaired) electrons. The molecule has 0 unspecified atom stereocenters. The van der Waals surface area contributed by atoms with Crippen molar-refractivity contribution in [2.45, 2.75) is 53.2 Å². The van der Waals surface area contributed by atoms with Crippen molar-refractivity contribution in [1.29, 1.82) is 0 Å². The molecule has 0 bridgehead atoms. The lowest BCUT2D eigenvalue weighted by molar-refractivity contribution is -0.725. The molecule has 0 aromatic rings. The lowest BCUT2D eigenvalue weighted by Gasteiger charge is -2.29. The first-order valence-electron chi connectivity index (χ1n) is 4.90. The Morgan fingerprint density at radius 2 is 1.93 bits per heavy atom. The quantitative estimate of drug-likeness (QED) is 0.400. The van der Waals surface area contributed by atoms with Crippen LogP contribution in [0.5, 0.6) is 0 Å². The number of hydrogen-bond acceptors (Lipinski definition) is 3. The predicted octanol–water partition coefficient (Wildman–Crippen LogP) is 2.32. The van der Waals surface area contributed by atoms with Crippen LogP contribution in [0.25, 0.3) is 0 Å². The molecule has 0 saturated heterocycles. The molecule has 0 aromatic carbocycles. The zero-order chi connectivity index (χ0) is 11.4. The van der Waals surface area contributed by atoms with E-state index in [2.05, 4.69) is 5.28 Å². The Hall–Kier alpha value is -1.00. The molecule has 84 valence electrons. The first kappa shape index (κ1) is 13.0. The van der Waals surface area contributed by atoms with Crippen LogP contribution in [0.3, 0.4) is 0 Å². The Bertz CT molecular complexity index is 197. The maximum atomic E-state index is 11.5. The summed E-state index contributed by atoms with van der Waals surface area (Å²) in [5.74, 6) is 0. The number of nitrogens with zero attached hydrogens (tertiary/aromatic N) is 3. The van der Waals surface area contributed by atoms with Crippen molar-refractivity contribution in [3.8, 4) is 0 Å². The van der Waals surface area contributed by atoms with Gasteiger partial charge in [-0.05, 0) is 41.5 Å². The topological polar surface area (TPSA) is 50.9 Å². The monoisotopic (exact) mass is 203 g/mol. The molecule has 0 saturated carbocycles. The summed E-state index contributed by atoms with van der Waals surface area (Å²) in [5, 5.41) is 16.5. The fraction of sp³-hybridized carbons (Fsp3) is 1.00. The van der Waals surface area contributed by atoms with Crippen molar-refractivity contribution in [1.82, 2.24) is 5.01 Å². The molecule has 0 N–H and O–H groups in total. The Morgan fingerprint density at radius 3 is 2.21 bits per heavy atom. The van der Waals surface area contributed by atoms with Gasteiger partial charge in [-0.2, -0.15) is 0 Å². The minimum atomic E-state index is -0.250. The van der Waals surface area contributed by atoms with Crippen LogP contribution in [0, 0.1) is 5.21 Å². The molecule has 0 aliphatic carbocycles. The van der Waals surface area contributed by atoms with E-state index in [1.165, 1.54) is 0 Å². The maximum absolute atomic E-state index is 11.5. The number of rotatable bonds is 4. The van der Waals surface area contributed by atoms with E-state index in [4.69, 9.17) is 4.84 Å². The fourth-order valence-electron chi connectivity index (χ4n) is 1.03. The van der Waals surface area contributed by atoms with Crippen LogP contribution in [0.4, 0.5) is 0 Å². The van der Waals surface area contributed by atoms with Gasteiger partial charge in [0.2, 0.25) is 5.28 Å². The van der Waals surface area contributed by atoms with Gasteiger partial charge in [0.15, 0.2) is 0 Å². The second kappa shape index (κ2) is 5.02. The molecule has 5 heteroatoms. The van der Waals surface area contributed by atoms with Gasteiger partial charge in [0.05, 0.1) is 17.1 Å². The molecule has 0 rings (SSSR count). The average Bonchev–Trinajstić information content (AvgIpc) is 1.99. The van der Waals surface area contributed by atoms with Crippen LogP contribution in [-0.2, 0) is 4.84 Å². The van der Waals surface area contributed by atoms with Crippen molar-refractivity contribution in [2.24, 2.45) is 5.28 Å². The van der Waals surface area contributed by atoms with Crippen LogP contribution >= 0.6 is 0 Å². The molecule has 0 heterocycles. The van der Waals surface area contributed by atoms with Gasteiger partial charge in [-0.15, -0.1) is 5.01 Å². The molecule has 14 heavy (non-hydrogen) atoms. The molecule has 0 atom stereocenters. The zero-order valence-electron chi connectivity index (χ0n) is 9.94. The van der Waals surface area contributed by atoms with E-state index in [1.54, 1.807) is 5.01 Å². The Morgan fingerprint density at radius 1 is 1.43 bits per heavy atom. The van der Waals surface area contributed by atoms with E-state index in [9.17, 15) is 5.21 Å². The Labute approximate surface area is 85.9 Å². The van der Waals surface area contributed by atoms with Gasteiger partial charge >= 0.3 is 0 Å². The van der Waals surface area contributed by atoms with Crippen molar-refractivity contribution in [3.05, 3.63) is 5.21 Å². The standard InChI is InChI=1S/C9H21N3O2/c1-7-11(9(4,5)6)12(13)10-14-8(2)3/h8H,7H2,1-6H3/b12-10-. The van der Waals surface area contributed by atoms with E-state index in [0.717, 1.165) is 0 Å². The summed E-state index contributed by atoms with van der Waals surface area (Å²) in [4.78, 5) is 5.39. The molecule has 0 aliphatic heterocycles. The highest BCUT2D eigenvalue weighted by molar-refractivity contribution is 4.67. The molecular formula is C9H21N3O2. The summed E-state index contributed by atoms with van der Waals surface area (Å²) in [6.45, 7) is 12.0. The maximum Gasteiger partial charge on any atom is 0.233 e. The second-order valence-electron chi connectivity index (χ2n) is 4.38. The van der Waals surface area contributed by atoms with Crippen molar-refractivity contribution >= 4 is 0 Å². The van der Waals surface area contributed by atoms with Crippen LogP contribution in [0.2, 0.25) is 0 Å². The van der Waals surface area contributed by atoms with E-state index in [1.807, 2.05) is 41.5 Å². The summed E-state index contributed by atoms with van der Waals surface area (Å²) >= 11 is 0.